The van der Waals surface area contributed by atoms with Crippen LogP contribution in [-0.2, 0) is 16.6 Å². The van der Waals surface area contributed by atoms with Crippen molar-refractivity contribution in [1.29, 1.82) is 0 Å². The Kier molecular flexibility index (Phi) is 6.90. The Morgan fingerprint density at radius 1 is 0.655 bits per heavy atom. The second-order valence-electron chi connectivity index (χ2n) is 5.97. The van der Waals surface area contributed by atoms with Gasteiger partial charge >= 0.3 is 36.4 Å². The first kappa shape index (κ1) is 23.5. The molecule has 0 aliphatic carbocycles. The first-order valence-electron chi connectivity index (χ1n) is 8.32. The molecule has 3 aromatic rings. The van der Waals surface area contributed by atoms with Gasteiger partial charge in [-0.3, -0.25) is 0 Å². The van der Waals surface area contributed by atoms with Gasteiger partial charge in [0.1, 0.15) is 11.5 Å². The Morgan fingerprint density at radius 2 is 1.03 bits per heavy atom. The molecule has 0 aromatic heterocycles. The van der Waals surface area contributed by atoms with Crippen molar-refractivity contribution in [1.82, 2.24) is 0 Å². The Hall–Kier alpha value is -1.79. The van der Waals surface area contributed by atoms with E-state index in [0.717, 1.165) is 11.5 Å². The van der Waals surface area contributed by atoms with Gasteiger partial charge in [0.15, 0.2) is 9.79 Å². The number of halogens is 6. The Balaban J connectivity index is 0.000000370. The molecule has 1 nitrogen and oxygen atoms in total. The number of ether oxygens (including phenoxy) is 1. The molecule has 0 unspecified atom stereocenters. The third-order valence-electron chi connectivity index (χ3n) is 3.53. The number of rotatable bonds is 5. The zero-order valence-electron chi connectivity index (χ0n) is 15.3. The van der Waals surface area contributed by atoms with Gasteiger partial charge in [-0.05, 0) is 36.4 Å². The Bertz CT molecular complexity index is 850. The summed E-state index contributed by atoms with van der Waals surface area (Å²) in [5.41, 5.74) is 1.33. The molecule has 0 saturated carbocycles. The summed E-state index contributed by atoms with van der Waals surface area (Å²) in [5, 5.41) is 0. The van der Waals surface area contributed by atoms with E-state index in [9.17, 15) is 16.9 Å². The molecule has 0 saturated heterocycles. The zero-order valence-corrected chi connectivity index (χ0v) is 18.7. The quantitative estimate of drug-likeness (QED) is 0.190. The molecule has 0 amide bonds. The summed E-state index contributed by atoms with van der Waals surface area (Å²) < 4.78 is 64.8. The van der Waals surface area contributed by atoms with E-state index in [2.05, 4.69) is 72.8 Å². The molecule has 9 heteroatoms. The van der Waals surface area contributed by atoms with E-state index in [1.165, 1.54) is 15.4 Å². The summed E-state index contributed by atoms with van der Waals surface area (Å²) in [4.78, 5) is 2.76. The number of benzene rings is 3. The summed E-state index contributed by atoms with van der Waals surface area (Å²) in [6, 6.07) is 29.9. The van der Waals surface area contributed by atoms with Gasteiger partial charge < -0.3 is 4.74 Å². The van der Waals surface area contributed by atoms with Crippen LogP contribution in [0.15, 0.2) is 94.7 Å². The molecule has 3 aromatic carbocycles. The molecular weight excluding hydrogens is 524 g/mol. The summed E-state index contributed by atoms with van der Waals surface area (Å²) in [6.07, 6.45) is 0. The van der Waals surface area contributed by atoms with Gasteiger partial charge in [-0.15, -0.1) is 0 Å². The molecule has 29 heavy (non-hydrogen) atoms. The molecule has 0 aliphatic heterocycles. The topological polar surface area (TPSA) is 9.23 Å². The van der Waals surface area contributed by atoms with Crippen molar-refractivity contribution < 1.29 is 21.6 Å². The van der Waals surface area contributed by atoms with Crippen LogP contribution in [0.3, 0.4) is 0 Å². The van der Waals surface area contributed by atoms with Crippen LogP contribution >= 0.6 is 0 Å². The molecular formula is C20H19F6OSSb. The van der Waals surface area contributed by atoms with Crippen LogP contribution in [0, 0.1) is 0 Å². The Labute approximate surface area is 170 Å². The van der Waals surface area contributed by atoms with Crippen molar-refractivity contribution in [3.8, 4) is 5.75 Å². The SMILES string of the molecule is COc1ccc(C[S+](c2ccccc2)c2ccccc2)cc1.[F][Sb-]([F])([F])([F])([F])[F]. The van der Waals surface area contributed by atoms with Gasteiger partial charge in [-0.25, -0.2) is 0 Å². The summed E-state index contributed by atoms with van der Waals surface area (Å²) in [6.45, 7) is 0. The average molecular weight is 543 g/mol. The van der Waals surface area contributed by atoms with E-state index in [0.29, 0.717) is 0 Å². The standard InChI is InChI=1S/C20H19OS.6FH.Sb/c1-21-18-14-12-17(13-15-18)16-22(19-8-4-2-5-9-19)20-10-6-3-7-11-20;;;;;;;/h2-15H,16H2,1H3;6*1H;/q+1;;;;;;;+5/p-6. The molecule has 0 N–H and O–H groups in total. The van der Waals surface area contributed by atoms with Crippen LogP contribution in [0.4, 0.5) is 16.9 Å². The van der Waals surface area contributed by atoms with Crippen molar-refractivity contribution in [3.05, 3.63) is 90.5 Å². The second-order valence-corrected chi connectivity index (χ2v) is 13.5. The van der Waals surface area contributed by atoms with Gasteiger partial charge in [-0.2, -0.15) is 0 Å². The van der Waals surface area contributed by atoms with Crippen LogP contribution in [-0.4, -0.2) is 26.6 Å². The number of methoxy groups -OCH3 is 1. The van der Waals surface area contributed by atoms with Crippen molar-refractivity contribution in [2.45, 2.75) is 15.5 Å². The van der Waals surface area contributed by atoms with E-state index in [-0.39, 0.29) is 10.9 Å². The minimum absolute atomic E-state index is 0.0484. The van der Waals surface area contributed by atoms with Crippen molar-refractivity contribution in [2.24, 2.45) is 0 Å². The fraction of sp³-hybridized carbons (Fsp3) is 0.100. The second kappa shape index (κ2) is 8.52. The van der Waals surface area contributed by atoms with E-state index in [1.54, 1.807) is 7.11 Å². The van der Waals surface area contributed by atoms with Crippen molar-refractivity contribution >= 4 is 30.4 Å². The molecule has 3 rings (SSSR count). The van der Waals surface area contributed by atoms with Crippen LogP contribution < -0.4 is 4.74 Å². The zero-order chi connectivity index (χ0) is 21.6. The monoisotopic (exact) mass is 542 g/mol. The summed E-state index contributed by atoms with van der Waals surface area (Å²) >= 11 is -11.2. The predicted molar refractivity (Wildman–Crippen MR) is 106 cm³/mol. The summed E-state index contributed by atoms with van der Waals surface area (Å²) in [5.74, 6) is 1.92. The predicted octanol–water partition coefficient (Wildman–Crippen LogP) is 7.07. The third-order valence-corrected chi connectivity index (χ3v) is 5.83. The van der Waals surface area contributed by atoms with Crippen LogP contribution in [0.1, 0.15) is 5.56 Å². The van der Waals surface area contributed by atoms with Gasteiger partial charge in [0.25, 0.3) is 0 Å². The van der Waals surface area contributed by atoms with Crippen molar-refractivity contribution in [2.75, 3.05) is 7.11 Å². The van der Waals surface area contributed by atoms with Gasteiger partial charge in [0, 0.05) is 5.56 Å². The molecule has 0 spiro atoms. The molecule has 0 fully saturated rings. The normalized spacial score (nSPS) is 13.7. The first-order valence-corrected chi connectivity index (χ1v) is 15.5. The first-order chi connectivity index (χ1) is 13.3. The van der Waals surface area contributed by atoms with E-state index < -0.39 is 19.5 Å². The van der Waals surface area contributed by atoms with Gasteiger partial charge in [0.05, 0.1) is 18.0 Å². The molecule has 0 aliphatic rings. The van der Waals surface area contributed by atoms with E-state index in [4.69, 9.17) is 4.74 Å². The maximum atomic E-state index is 9.93. The molecule has 0 bridgehead atoms. The summed E-state index contributed by atoms with van der Waals surface area (Å²) in [7, 11) is 1.75. The van der Waals surface area contributed by atoms with Crippen molar-refractivity contribution in [3.63, 3.8) is 0 Å². The molecule has 158 valence electrons. The fourth-order valence-corrected chi connectivity index (χ4v) is 4.46. The van der Waals surface area contributed by atoms with E-state index in [1.807, 2.05) is 12.1 Å². The average Bonchev–Trinajstić information content (AvgIpc) is 2.65. The molecule has 0 radical (unpaired) electrons. The van der Waals surface area contributed by atoms with Crippen LogP contribution in [0.2, 0.25) is 0 Å². The molecule has 0 atom stereocenters. The minimum atomic E-state index is -11.2. The maximum absolute atomic E-state index is 11.2. The number of hydrogen-bond acceptors (Lipinski definition) is 1. The number of hydrogen-bond donors (Lipinski definition) is 0. The van der Waals surface area contributed by atoms with Crippen LogP contribution in [0.5, 0.6) is 5.75 Å². The third kappa shape index (κ3) is 10.5. The van der Waals surface area contributed by atoms with Crippen LogP contribution in [0.25, 0.3) is 0 Å². The Morgan fingerprint density at radius 3 is 1.38 bits per heavy atom. The molecule has 0 heterocycles. The van der Waals surface area contributed by atoms with Gasteiger partial charge in [0.2, 0.25) is 0 Å². The van der Waals surface area contributed by atoms with E-state index >= 15 is 0 Å². The fourth-order valence-electron chi connectivity index (χ4n) is 2.36. The van der Waals surface area contributed by atoms with Gasteiger partial charge in [-0.1, -0.05) is 48.5 Å².